The maximum absolute atomic E-state index is 5.83. The van der Waals surface area contributed by atoms with E-state index in [1.807, 2.05) is 23.5 Å². The fraction of sp³-hybridized carbons (Fsp3) is 0.250. The molecule has 0 radical (unpaired) electrons. The molecule has 2 aromatic heterocycles. The van der Waals surface area contributed by atoms with Gasteiger partial charge in [0.15, 0.2) is 0 Å². The van der Waals surface area contributed by atoms with Crippen molar-refractivity contribution >= 4 is 28.6 Å². The molecule has 0 aliphatic heterocycles. The van der Waals surface area contributed by atoms with E-state index in [9.17, 15) is 0 Å². The number of pyridine rings is 1. The lowest BCUT2D eigenvalue weighted by Crippen LogP contribution is -2.04. The summed E-state index contributed by atoms with van der Waals surface area (Å²) >= 11 is 7.64. The van der Waals surface area contributed by atoms with E-state index in [0.29, 0.717) is 5.15 Å². The molecule has 0 fully saturated rings. The van der Waals surface area contributed by atoms with E-state index in [0.717, 1.165) is 5.69 Å². The Kier molecular flexibility index (Phi) is 3.46. The van der Waals surface area contributed by atoms with Crippen LogP contribution in [-0.2, 0) is 0 Å². The Morgan fingerprint density at radius 3 is 2.81 bits per heavy atom. The lowest BCUT2D eigenvalue weighted by Gasteiger charge is -2.13. The van der Waals surface area contributed by atoms with Crippen LogP contribution in [0.4, 0.5) is 5.69 Å². The first-order chi connectivity index (χ1) is 7.65. The Balaban J connectivity index is 2.10. The molecule has 4 heteroatoms. The third kappa shape index (κ3) is 2.74. The molecule has 2 nitrogen and oxygen atoms in total. The second kappa shape index (κ2) is 4.85. The second-order valence-corrected chi connectivity index (χ2v) is 5.39. The van der Waals surface area contributed by atoms with Crippen molar-refractivity contribution in [2.24, 2.45) is 0 Å². The molecule has 1 atom stereocenters. The maximum Gasteiger partial charge on any atom is 0.131 e. The highest BCUT2D eigenvalue weighted by molar-refractivity contribution is 7.12. The fourth-order valence-electron chi connectivity index (χ4n) is 1.50. The van der Waals surface area contributed by atoms with Gasteiger partial charge in [0.05, 0.1) is 6.04 Å². The number of nitrogens with one attached hydrogen (secondary N) is 1. The first kappa shape index (κ1) is 11.4. The largest absolute Gasteiger partial charge is 0.378 e. The van der Waals surface area contributed by atoms with Crippen molar-refractivity contribution in [2.45, 2.75) is 19.9 Å². The Morgan fingerprint density at radius 2 is 2.19 bits per heavy atom. The van der Waals surface area contributed by atoms with E-state index in [2.05, 4.69) is 36.3 Å². The molecule has 84 valence electrons. The summed E-state index contributed by atoms with van der Waals surface area (Å²) in [4.78, 5) is 6.61. The number of thiophene rings is 1. The van der Waals surface area contributed by atoms with Crippen LogP contribution >= 0.6 is 22.9 Å². The predicted octanol–water partition coefficient (Wildman–Crippen LogP) is 4.28. The predicted molar refractivity (Wildman–Crippen MR) is 70.3 cm³/mol. The molecule has 0 aliphatic carbocycles. The van der Waals surface area contributed by atoms with E-state index in [-0.39, 0.29) is 6.04 Å². The molecule has 0 amide bonds. The zero-order chi connectivity index (χ0) is 11.5. The smallest absolute Gasteiger partial charge is 0.131 e. The van der Waals surface area contributed by atoms with Gasteiger partial charge in [-0.1, -0.05) is 11.6 Å². The van der Waals surface area contributed by atoms with Crippen LogP contribution in [0.2, 0.25) is 5.15 Å². The summed E-state index contributed by atoms with van der Waals surface area (Å²) < 4.78 is 0. The van der Waals surface area contributed by atoms with Gasteiger partial charge in [-0.25, -0.2) is 4.98 Å². The molecule has 1 N–H and O–H groups in total. The van der Waals surface area contributed by atoms with Crippen molar-refractivity contribution in [3.63, 3.8) is 0 Å². The first-order valence-corrected chi connectivity index (χ1v) is 6.29. The van der Waals surface area contributed by atoms with Crippen LogP contribution in [0.3, 0.4) is 0 Å². The number of aryl methyl sites for hydroxylation is 1. The summed E-state index contributed by atoms with van der Waals surface area (Å²) in [5.41, 5.74) is 0.999. The van der Waals surface area contributed by atoms with Crippen LogP contribution in [0.25, 0.3) is 0 Å². The van der Waals surface area contributed by atoms with Crippen molar-refractivity contribution in [1.29, 1.82) is 0 Å². The number of rotatable bonds is 3. The monoisotopic (exact) mass is 252 g/mol. The summed E-state index contributed by atoms with van der Waals surface area (Å²) in [5.74, 6) is 0. The summed E-state index contributed by atoms with van der Waals surface area (Å²) in [5, 5.41) is 3.91. The van der Waals surface area contributed by atoms with Crippen molar-refractivity contribution in [2.75, 3.05) is 5.32 Å². The molecule has 0 spiro atoms. The van der Waals surface area contributed by atoms with Gasteiger partial charge in [-0.05, 0) is 38.1 Å². The topological polar surface area (TPSA) is 24.9 Å². The molecule has 2 heterocycles. The highest BCUT2D eigenvalue weighted by atomic mass is 35.5. The zero-order valence-corrected chi connectivity index (χ0v) is 10.8. The number of nitrogens with zero attached hydrogens (tertiary/aromatic N) is 1. The van der Waals surface area contributed by atoms with E-state index in [1.165, 1.54) is 9.75 Å². The van der Waals surface area contributed by atoms with E-state index < -0.39 is 0 Å². The number of halogens is 1. The number of hydrogen-bond acceptors (Lipinski definition) is 3. The van der Waals surface area contributed by atoms with Crippen molar-refractivity contribution < 1.29 is 0 Å². The number of anilines is 1. The molecule has 0 aromatic carbocycles. The lowest BCUT2D eigenvalue weighted by molar-refractivity contribution is 0.907. The summed E-state index contributed by atoms with van der Waals surface area (Å²) in [6, 6.07) is 8.33. The Labute approximate surface area is 104 Å². The molecular formula is C12H13ClN2S. The van der Waals surface area contributed by atoms with Gasteiger partial charge >= 0.3 is 0 Å². The molecule has 2 aromatic rings. The Bertz CT molecular complexity index is 481. The van der Waals surface area contributed by atoms with Gasteiger partial charge in [0, 0.05) is 21.6 Å². The van der Waals surface area contributed by atoms with Crippen LogP contribution in [0.1, 0.15) is 22.7 Å². The van der Waals surface area contributed by atoms with Crippen LogP contribution in [0, 0.1) is 6.92 Å². The lowest BCUT2D eigenvalue weighted by atomic mass is 10.2. The minimum absolute atomic E-state index is 0.289. The third-order valence-corrected chi connectivity index (χ3v) is 3.69. The standard InChI is InChI=1S/C12H13ClN2S/c1-8-3-4-11(16-8)9(2)15-10-5-6-14-12(13)7-10/h3-7,9H,1-2H3,(H,14,15). The van der Waals surface area contributed by atoms with Gasteiger partial charge in [-0.2, -0.15) is 0 Å². The quantitative estimate of drug-likeness (QED) is 0.825. The van der Waals surface area contributed by atoms with Gasteiger partial charge in [-0.15, -0.1) is 11.3 Å². The van der Waals surface area contributed by atoms with Gasteiger partial charge in [0.2, 0.25) is 0 Å². The van der Waals surface area contributed by atoms with Crippen LogP contribution in [0.5, 0.6) is 0 Å². The van der Waals surface area contributed by atoms with Crippen molar-refractivity contribution in [3.8, 4) is 0 Å². The van der Waals surface area contributed by atoms with Crippen LogP contribution < -0.4 is 5.32 Å². The molecule has 1 unspecified atom stereocenters. The highest BCUT2D eigenvalue weighted by Gasteiger charge is 2.07. The van der Waals surface area contributed by atoms with Crippen LogP contribution in [0.15, 0.2) is 30.5 Å². The molecule has 2 rings (SSSR count). The summed E-state index contributed by atoms with van der Waals surface area (Å²) in [6.07, 6.45) is 1.71. The van der Waals surface area contributed by atoms with Crippen molar-refractivity contribution in [3.05, 3.63) is 45.4 Å². The van der Waals surface area contributed by atoms with Gasteiger partial charge in [-0.3, -0.25) is 0 Å². The number of hydrogen-bond donors (Lipinski definition) is 1. The van der Waals surface area contributed by atoms with E-state index in [4.69, 9.17) is 11.6 Å². The summed E-state index contributed by atoms with van der Waals surface area (Å²) in [6.45, 7) is 4.25. The molecule has 16 heavy (non-hydrogen) atoms. The van der Waals surface area contributed by atoms with Crippen molar-refractivity contribution in [1.82, 2.24) is 4.98 Å². The zero-order valence-electron chi connectivity index (χ0n) is 9.20. The molecule has 0 saturated heterocycles. The average Bonchev–Trinajstić information content (AvgIpc) is 2.65. The van der Waals surface area contributed by atoms with Gasteiger partial charge in [0.25, 0.3) is 0 Å². The van der Waals surface area contributed by atoms with Gasteiger partial charge in [0.1, 0.15) is 5.15 Å². The normalized spacial score (nSPS) is 12.4. The minimum Gasteiger partial charge on any atom is -0.378 e. The fourth-order valence-corrected chi connectivity index (χ4v) is 2.55. The highest BCUT2D eigenvalue weighted by Crippen LogP contribution is 2.26. The molecular weight excluding hydrogens is 240 g/mol. The average molecular weight is 253 g/mol. The number of aromatic nitrogens is 1. The first-order valence-electron chi connectivity index (χ1n) is 5.09. The van der Waals surface area contributed by atoms with E-state index >= 15 is 0 Å². The SMILES string of the molecule is Cc1ccc(C(C)Nc2ccnc(Cl)c2)s1. The van der Waals surface area contributed by atoms with Crippen LogP contribution in [-0.4, -0.2) is 4.98 Å². The third-order valence-electron chi connectivity index (χ3n) is 2.30. The Hall–Kier alpha value is -1.06. The minimum atomic E-state index is 0.289. The maximum atomic E-state index is 5.83. The molecule has 0 saturated carbocycles. The van der Waals surface area contributed by atoms with E-state index in [1.54, 1.807) is 6.20 Å². The summed E-state index contributed by atoms with van der Waals surface area (Å²) in [7, 11) is 0. The second-order valence-electron chi connectivity index (χ2n) is 3.68. The van der Waals surface area contributed by atoms with Gasteiger partial charge < -0.3 is 5.32 Å². The molecule has 0 bridgehead atoms. The molecule has 0 aliphatic rings. The Morgan fingerprint density at radius 1 is 1.38 bits per heavy atom.